The predicted molar refractivity (Wildman–Crippen MR) is 63.8 cm³/mol. The Hall–Kier alpha value is -0.830. The highest BCUT2D eigenvalue weighted by atomic mass is 15.1. The molecule has 0 spiro atoms. The van der Waals surface area contributed by atoms with Gasteiger partial charge in [-0.1, -0.05) is 13.3 Å². The average molecular weight is 219 g/mol. The van der Waals surface area contributed by atoms with Crippen molar-refractivity contribution in [2.45, 2.75) is 45.2 Å². The second-order valence-electron chi connectivity index (χ2n) is 5.34. The monoisotopic (exact) mass is 219 g/mol. The summed E-state index contributed by atoms with van der Waals surface area (Å²) < 4.78 is 2.23. The summed E-state index contributed by atoms with van der Waals surface area (Å²) in [6, 6.07) is 0.178. The number of hydrogen-bond donors (Lipinski definition) is 1. The highest BCUT2D eigenvalue weighted by molar-refractivity contribution is 5.12. The van der Waals surface area contributed by atoms with Gasteiger partial charge in [-0.05, 0) is 37.0 Å². The summed E-state index contributed by atoms with van der Waals surface area (Å²) in [6.07, 6.45) is 9.32. The van der Waals surface area contributed by atoms with E-state index < -0.39 is 0 Å². The standard InChI is InChI=1S/C13H21N3/c1-2-7-16-8-6-15-13(16)12(14)11-9-4-3-5-10(9)11/h6,8-12H,2-5,7,14H2,1H3. The zero-order valence-electron chi connectivity index (χ0n) is 9.97. The summed E-state index contributed by atoms with van der Waals surface area (Å²) in [5.74, 6) is 3.68. The lowest BCUT2D eigenvalue weighted by molar-refractivity contribution is 0.462. The van der Waals surface area contributed by atoms with E-state index in [1.807, 2.05) is 6.20 Å². The predicted octanol–water partition coefficient (Wildman–Crippen LogP) is 2.34. The first kappa shape index (κ1) is 10.3. The molecule has 88 valence electrons. The van der Waals surface area contributed by atoms with Crippen LogP contribution in [0.2, 0.25) is 0 Å². The van der Waals surface area contributed by atoms with Crippen LogP contribution in [0.3, 0.4) is 0 Å². The van der Waals surface area contributed by atoms with E-state index in [2.05, 4.69) is 22.7 Å². The lowest BCUT2D eigenvalue weighted by Gasteiger charge is -2.15. The molecular weight excluding hydrogens is 198 g/mol. The van der Waals surface area contributed by atoms with Gasteiger partial charge in [0.2, 0.25) is 0 Å². The van der Waals surface area contributed by atoms with Gasteiger partial charge in [-0.3, -0.25) is 0 Å². The van der Waals surface area contributed by atoms with Crippen molar-refractivity contribution in [2.24, 2.45) is 23.5 Å². The van der Waals surface area contributed by atoms with Crippen LogP contribution < -0.4 is 5.73 Å². The highest BCUT2D eigenvalue weighted by Crippen LogP contribution is 2.61. The molecule has 2 N–H and O–H groups in total. The fourth-order valence-electron chi connectivity index (χ4n) is 3.63. The fourth-order valence-corrected chi connectivity index (χ4v) is 3.63. The molecule has 2 saturated carbocycles. The van der Waals surface area contributed by atoms with Crippen LogP contribution in [0.4, 0.5) is 0 Å². The summed E-state index contributed by atoms with van der Waals surface area (Å²) in [6.45, 7) is 3.24. The summed E-state index contributed by atoms with van der Waals surface area (Å²) in [5, 5.41) is 0. The molecule has 0 aromatic carbocycles. The molecule has 0 saturated heterocycles. The van der Waals surface area contributed by atoms with Crippen molar-refractivity contribution in [3.63, 3.8) is 0 Å². The van der Waals surface area contributed by atoms with Crippen LogP contribution in [-0.4, -0.2) is 9.55 Å². The molecule has 3 nitrogen and oxygen atoms in total. The van der Waals surface area contributed by atoms with Crippen LogP contribution in [0.15, 0.2) is 12.4 Å². The third kappa shape index (κ3) is 1.49. The molecule has 3 rings (SSSR count). The molecular formula is C13H21N3. The first-order valence-electron chi connectivity index (χ1n) is 6.59. The van der Waals surface area contributed by atoms with Crippen molar-refractivity contribution in [1.29, 1.82) is 0 Å². The highest BCUT2D eigenvalue weighted by Gasteiger charge is 2.55. The number of aromatic nitrogens is 2. The minimum atomic E-state index is 0.178. The zero-order chi connectivity index (χ0) is 11.1. The Morgan fingerprint density at radius 1 is 1.50 bits per heavy atom. The third-order valence-corrected chi connectivity index (χ3v) is 4.40. The Labute approximate surface area is 97.0 Å². The minimum absolute atomic E-state index is 0.178. The van der Waals surface area contributed by atoms with Crippen LogP contribution in [-0.2, 0) is 6.54 Å². The fraction of sp³-hybridized carbons (Fsp3) is 0.769. The molecule has 3 unspecified atom stereocenters. The van der Waals surface area contributed by atoms with Gasteiger partial charge in [-0.25, -0.2) is 4.98 Å². The van der Waals surface area contributed by atoms with Crippen LogP contribution in [0.1, 0.15) is 44.5 Å². The van der Waals surface area contributed by atoms with Crippen molar-refractivity contribution in [3.05, 3.63) is 18.2 Å². The Morgan fingerprint density at radius 2 is 2.25 bits per heavy atom. The van der Waals surface area contributed by atoms with Crippen LogP contribution in [0.5, 0.6) is 0 Å². The Morgan fingerprint density at radius 3 is 2.94 bits per heavy atom. The van der Waals surface area contributed by atoms with E-state index in [4.69, 9.17) is 5.73 Å². The van der Waals surface area contributed by atoms with E-state index in [1.54, 1.807) is 0 Å². The third-order valence-electron chi connectivity index (χ3n) is 4.40. The largest absolute Gasteiger partial charge is 0.334 e. The van der Waals surface area contributed by atoms with E-state index in [1.165, 1.54) is 19.3 Å². The van der Waals surface area contributed by atoms with E-state index in [9.17, 15) is 0 Å². The maximum absolute atomic E-state index is 6.38. The number of imidazole rings is 1. The maximum atomic E-state index is 6.38. The van der Waals surface area contributed by atoms with Gasteiger partial charge in [0.05, 0.1) is 6.04 Å². The van der Waals surface area contributed by atoms with Crippen molar-refractivity contribution >= 4 is 0 Å². The van der Waals surface area contributed by atoms with E-state index >= 15 is 0 Å². The molecule has 2 fully saturated rings. The van der Waals surface area contributed by atoms with Crippen molar-refractivity contribution in [1.82, 2.24) is 9.55 Å². The van der Waals surface area contributed by atoms with Gasteiger partial charge in [0.15, 0.2) is 0 Å². The first-order valence-corrected chi connectivity index (χ1v) is 6.59. The van der Waals surface area contributed by atoms with Gasteiger partial charge in [-0.15, -0.1) is 0 Å². The first-order chi connectivity index (χ1) is 7.83. The van der Waals surface area contributed by atoms with Crippen molar-refractivity contribution in [2.75, 3.05) is 0 Å². The normalized spacial score (nSPS) is 33.8. The Kier molecular flexibility index (Phi) is 2.51. The summed E-state index contributed by atoms with van der Waals surface area (Å²) in [4.78, 5) is 4.46. The summed E-state index contributed by atoms with van der Waals surface area (Å²) in [7, 11) is 0. The molecule has 0 amide bonds. The Bertz CT molecular complexity index is 361. The molecule has 1 heterocycles. The second-order valence-corrected chi connectivity index (χ2v) is 5.34. The van der Waals surface area contributed by atoms with Crippen LogP contribution >= 0.6 is 0 Å². The molecule has 2 aliphatic carbocycles. The van der Waals surface area contributed by atoms with Gasteiger partial charge < -0.3 is 10.3 Å². The lowest BCUT2D eigenvalue weighted by Crippen LogP contribution is -2.20. The minimum Gasteiger partial charge on any atom is -0.334 e. The number of nitrogens with zero attached hydrogens (tertiary/aromatic N) is 2. The van der Waals surface area contributed by atoms with Crippen molar-refractivity contribution in [3.8, 4) is 0 Å². The molecule has 3 atom stereocenters. The smallest absolute Gasteiger partial charge is 0.125 e. The van der Waals surface area contributed by atoms with Gasteiger partial charge in [0.1, 0.15) is 5.82 Å². The number of aryl methyl sites for hydroxylation is 1. The molecule has 2 aliphatic rings. The van der Waals surface area contributed by atoms with E-state index in [0.29, 0.717) is 0 Å². The molecule has 3 heteroatoms. The zero-order valence-corrected chi connectivity index (χ0v) is 9.97. The van der Waals surface area contributed by atoms with Crippen molar-refractivity contribution < 1.29 is 0 Å². The second kappa shape index (κ2) is 3.88. The number of fused-ring (bicyclic) bond motifs is 1. The molecule has 1 aromatic heterocycles. The van der Waals surface area contributed by atoms with Gasteiger partial charge in [-0.2, -0.15) is 0 Å². The van der Waals surface area contributed by atoms with Crippen LogP contribution in [0.25, 0.3) is 0 Å². The lowest BCUT2D eigenvalue weighted by atomic mass is 10.0. The SMILES string of the molecule is CCCn1ccnc1C(N)C1C2CCCC21. The Balaban J connectivity index is 1.74. The van der Waals surface area contributed by atoms with Gasteiger partial charge >= 0.3 is 0 Å². The quantitative estimate of drug-likeness (QED) is 0.844. The molecule has 16 heavy (non-hydrogen) atoms. The van der Waals surface area contributed by atoms with Crippen LogP contribution in [0, 0.1) is 17.8 Å². The molecule has 0 bridgehead atoms. The number of nitrogens with two attached hydrogens (primary N) is 1. The molecule has 0 aliphatic heterocycles. The van der Waals surface area contributed by atoms with Gasteiger partial charge in [0.25, 0.3) is 0 Å². The van der Waals surface area contributed by atoms with E-state index in [-0.39, 0.29) is 6.04 Å². The molecule has 0 radical (unpaired) electrons. The van der Waals surface area contributed by atoms with Gasteiger partial charge in [0, 0.05) is 18.9 Å². The van der Waals surface area contributed by atoms with E-state index in [0.717, 1.165) is 36.5 Å². The number of hydrogen-bond acceptors (Lipinski definition) is 2. The number of rotatable bonds is 4. The summed E-state index contributed by atoms with van der Waals surface area (Å²) in [5.41, 5.74) is 6.38. The summed E-state index contributed by atoms with van der Waals surface area (Å²) >= 11 is 0. The molecule has 1 aromatic rings. The maximum Gasteiger partial charge on any atom is 0.125 e. The topological polar surface area (TPSA) is 43.8 Å². The average Bonchev–Trinajstić information content (AvgIpc) is 2.73.